The van der Waals surface area contributed by atoms with Gasteiger partial charge in [0.1, 0.15) is 11.5 Å². The molecule has 0 aliphatic carbocycles. The van der Waals surface area contributed by atoms with E-state index in [1.165, 1.54) is 11.8 Å². The fourth-order valence-electron chi connectivity index (χ4n) is 2.21. The van der Waals surface area contributed by atoms with Gasteiger partial charge in [0, 0.05) is 11.9 Å². The molecular weight excluding hydrogens is 288 g/mol. The number of aromatic nitrogens is 2. The van der Waals surface area contributed by atoms with E-state index >= 15 is 0 Å². The second-order valence-corrected chi connectivity index (χ2v) is 6.24. The van der Waals surface area contributed by atoms with E-state index in [2.05, 4.69) is 23.4 Å². The molecule has 0 saturated heterocycles. The first-order chi connectivity index (χ1) is 9.90. The molecule has 114 valence electrons. The molecule has 0 aliphatic rings. The zero-order valence-corrected chi connectivity index (χ0v) is 13.5. The number of hydrogen-bond donors (Lipinski definition) is 1. The molecule has 21 heavy (non-hydrogen) atoms. The predicted octanol–water partition coefficient (Wildman–Crippen LogP) is 3.69. The van der Waals surface area contributed by atoms with Gasteiger partial charge in [0.15, 0.2) is 5.16 Å². The van der Waals surface area contributed by atoms with Crippen molar-refractivity contribution in [2.75, 3.05) is 5.75 Å². The topological polar surface area (TPSA) is 68.3 Å². The van der Waals surface area contributed by atoms with Gasteiger partial charge in [0.2, 0.25) is 0 Å². The summed E-state index contributed by atoms with van der Waals surface area (Å²) in [5.74, 6) is 1.17. The van der Waals surface area contributed by atoms with Crippen molar-refractivity contribution in [2.24, 2.45) is 0 Å². The van der Waals surface area contributed by atoms with Crippen molar-refractivity contribution in [1.82, 2.24) is 9.55 Å². The normalized spacial score (nSPS) is 12.8. The number of carbonyl (C=O) groups is 1. The summed E-state index contributed by atoms with van der Waals surface area (Å²) in [6, 6.07) is 3.87. The third-order valence-corrected chi connectivity index (χ3v) is 4.22. The highest BCUT2D eigenvalue weighted by Gasteiger charge is 2.21. The number of imidazole rings is 1. The van der Waals surface area contributed by atoms with Crippen LogP contribution in [0.15, 0.2) is 27.9 Å². The minimum atomic E-state index is -0.845. The molecule has 6 heteroatoms. The van der Waals surface area contributed by atoms with Crippen LogP contribution in [0.3, 0.4) is 0 Å². The maximum atomic E-state index is 10.8. The smallest absolute Gasteiger partial charge is 0.313 e. The Morgan fingerprint density at radius 2 is 2.14 bits per heavy atom. The van der Waals surface area contributed by atoms with Crippen LogP contribution < -0.4 is 0 Å². The molecule has 0 aliphatic heterocycles. The van der Waals surface area contributed by atoms with Gasteiger partial charge < -0.3 is 14.1 Å². The molecular formula is C15H20N2O3S. The Labute approximate surface area is 128 Å². The second kappa shape index (κ2) is 6.39. The quantitative estimate of drug-likeness (QED) is 0.824. The molecule has 2 aromatic heterocycles. The molecule has 0 radical (unpaired) electrons. The maximum Gasteiger partial charge on any atom is 0.313 e. The van der Waals surface area contributed by atoms with Gasteiger partial charge in [0.25, 0.3) is 0 Å². The summed E-state index contributed by atoms with van der Waals surface area (Å²) in [6.45, 7) is 8.14. The third-order valence-electron chi connectivity index (χ3n) is 3.27. The Hall–Kier alpha value is -1.69. The van der Waals surface area contributed by atoms with E-state index in [4.69, 9.17) is 9.52 Å². The van der Waals surface area contributed by atoms with Gasteiger partial charge >= 0.3 is 5.97 Å². The summed E-state index contributed by atoms with van der Waals surface area (Å²) in [5, 5.41) is 9.58. The van der Waals surface area contributed by atoms with E-state index in [0.717, 1.165) is 17.2 Å². The van der Waals surface area contributed by atoms with Crippen LogP contribution in [0, 0.1) is 6.92 Å². The van der Waals surface area contributed by atoms with Crippen LogP contribution in [-0.2, 0) is 4.79 Å². The standard InChI is InChI=1S/C15H20N2O3S/c1-9(2)12-7-16-15(21-8-14(18)19)17(12)11(4)13-6-5-10(3)20-13/h5-7,9,11H,8H2,1-4H3,(H,18,19). The molecule has 0 amide bonds. The highest BCUT2D eigenvalue weighted by Crippen LogP contribution is 2.31. The third kappa shape index (κ3) is 3.50. The van der Waals surface area contributed by atoms with Gasteiger partial charge in [-0.1, -0.05) is 25.6 Å². The molecule has 5 nitrogen and oxygen atoms in total. The lowest BCUT2D eigenvalue weighted by Crippen LogP contribution is -2.12. The summed E-state index contributed by atoms with van der Waals surface area (Å²) in [4.78, 5) is 15.2. The number of carboxylic acid groups (broad SMARTS) is 1. The minimum Gasteiger partial charge on any atom is -0.481 e. The Bertz CT molecular complexity index is 631. The SMILES string of the molecule is Cc1ccc(C(C)n2c(C(C)C)cnc2SCC(=O)O)o1. The van der Waals surface area contributed by atoms with Crippen molar-refractivity contribution in [1.29, 1.82) is 0 Å². The summed E-state index contributed by atoms with van der Waals surface area (Å²) in [7, 11) is 0. The molecule has 0 bridgehead atoms. The van der Waals surface area contributed by atoms with Crippen LogP contribution in [0.1, 0.15) is 49.9 Å². The van der Waals surface area contributed by atoms with Crippen LogP contribution in [0.5, 0.6) is 0 Å². The number of rotatable bonds is 6. The largest absolute Gasteiger partial charge is 0.481 e. The first-order valence-electron chi connectivity index (χ1n) is 6.88. The number of thioether (sulfide) groups is 1. The highest BCUT2D eigenvalue weighted by atomic mass is 32.2. The first kappa shape index (κ1) is 15.7. The van der Waals surface area contributed by atoms with Crippen LogP contribution in [-0.4, -0.2) is 26.4 Å². The fourth-order valence-corrected chi connectivity index (χ4v) is 2.99. The fraction of sp³-hybridized carbons (Fsp3) is 0.467. The number of aryl methyl sites for hydroxylation is 1. The van der Waals surface area contributed by atoms with Gasteiger partial charge in [-0.25, -0.2) is 4.98 Å². The van der Waals surface area contributed by atoms with Crippen molar-refractivity contribution >= 4 is 17.7 Å². The van der Waals surface area contributed by atoms with E-state index in [9.17, 15) is 4.79 Å². The monoisotopic (exact) mass is 308 g/mol. The van der Waals surface area contributed by atoms with E-state index in [0.29, 0.717) is 11.1 Å². The van der Waals surface area contributed by atoms with E-state index in [1.807, 2.05) is 32.2 Å². The maximum absolute atomic E-state index is 10.8. The molecule has 2 aromatic rings. The number of carboxylic acids is 1. The average Bonchev–Trinajstić information content (AvgIpc) is 3.01. The van der Waals surface area contributed by atoms with Crippen molar-refractivity contribution in [3.05, 3.63) is 35.5 Å². The van der Waals surface area contributed by atoms with Gasteiger partial charge in [-0.05, 0) is 31.9 Å². The summed E-state index contributed by atoms with van der Waals surface area (Å²) in [6.07, 6.45) is 1.82. The number of aliphatic carboxylic acids is 1. The summed E-state index contributed by atoms with van der Waals surface area (Å²) < 4.78 is 7.78. The predicted molar refractivity (Wildman–Crippen MR) is 81.9 cm³/mol. The Morgan fingerprint density at radius 1 is 1.43 bits per heavy atom. The van der Waals surface area contributed by atoms with Crippen LogP contribution in [0.4, 0.5) is 0 Å². The molecule has 0 fully saturated rings. The van der Waals surface area contributed by atoms with E-state index in [1.54, 1.807) is 0 Å². The van der Waals surface area contributed by atoms with Gasteiger partial charge in [0.05, 0.1) is 11.8 Å². The lowest BCUT2D eigenvalue weighted by atomic mass is 10.1. The van der Waals surface area contributed by atoms with Gasteiger partial charge in [-0.3, -0.25) is 4.79 Å². The highest BCUT2D eigenvalue weighted by molar-refractivity contribution is 7.99. The molecule has 2 rings (SSSR count). The molecule has 2 heterocycles. The average molecular weight is 308 g/mol. The van der Waals surface area contributed by atoms with Crippen molar-refractivity contribution in [3.63, 3.8) is 0 Å². The van der Waals surface area contributed by atoms with Crippen LogP contribution >= 0.6 is 11.8 Å². The summed E-state index contributed by atoms with van der Waals surface area (Å²) in [5.41, 5.74) is 1.07. The van der Waals surface area contributed by atoms with Crippen molar-refractivity contribution in [3.8, 4) is 0 Å². The van der Waals surface area contributed by atoms with Gasteiger partial charge in [-0.15, -0.1) is 0 Å². The number of nitrogens with zero attached hydrogens (tertiary/aromatic N) is 2. The first-order valence-corrected chi connectivity index (χ1v) is 7.86. The zero-order chi connectivity index (χ0) is 15.6. The Balaban J connectivity index is 2.38. The Morgan fingerprint density at radius 3 is 2.67 bits per heavy atom. The molecule has 0 aromatic carbocycles. The van der Waals surface area contributed by atoms with Crippen molar-refractivity contribution in [2.45, 2.75) is 44.8 Å². The molecule has 0 saturated carbocycles. The van der Waals surface area contributed by atoms with Gasteiger partial charge in [-0.2, -0.15) is 0 Å². The number of hydrogen-bond acceptors (Lipinski definition) is 4. The molecule has 1 unspecified atom stereocenters. The van der Waals surface area contributed by atoms with E-state index < -0.39 is 5.97 Å². The lowest BCUT2D eigenvalue weighted by molar-refractivity contribution is -0.133. The minimum absolute atomic E-state index is 0.00154. The molecule has 0 spiro atoms. The zero-order valence-electron chi connectivity index (χ0n) is 12.7. The molecule has 1 atom stereocenters. The lowest BCUT2D eigenvalue weighted by Gasteiger charge is -2.19. The number of furan rings is 1. The van der Waals surface area contributed by atoms with E-state index in [-0.39, 0.29) is 11.8 Å². The van der Waals surface area contributed by atoms with Crippen molar-refractivity contribution < 1.29 is 14.3 Å². The summed E-state index contributed by atoms with van der Waals surface area (Å²) >= 11 is 1.23. The molecule has 1 N–H and O–H groups in total. The Kier molecular flexibility index (Phi) is 4.77. The van der Waals surface area contributed by atoms with Crippen LogP contribution in [0.2, 0.25) is 0 Å². The van der Waals surface area contributed by atoms with Crippen LogP contribution in [0.25, 0.3) is 0 Å². The second-order valence-electron chi connectivity index (χ2n) is 5.30.